The van der Waals surface area contributed by atoms with Crippen molar-refractivity contribution in [2.75, 3.05) is 0 Å². The van der Waals surface area contributed by atoms with Gasteiger partial charge in [0.25, 0.3) is 0 Å². The smallest absolute Gasteiger partial charge is 0.0404 e. The molecule has 18 heavy (non-hydrogen) atoms. The molecule has 0 saturated heterocycles. The molecule has 0 aliphatic heterocycles. The maximum atomic E-state index is 5.61. The third-order valence-electron chi connectivity index (χ3n) is 3.03. The van der Waals surface area contributed by atoms with Crippen LogP contribution in [-0.4, -0.2) is 11.0 Å². The molecule has 0 saturated carbocycles. The van der Waals surface area contributed by atoms with E-state index in [0.717, 1.165) is 31.4 Å². The Kier molecular flexibility index (Phi) is 5.33. The predicted octanol–water partition coefficient (Wildman–Crippen LogP) is 2.54. The van der Waals surface area contributed by atoms with Crippen molar-refractivity contribution in [1.82, 2.24) is 10.4 Å². The van der Waals surface area contributed by atoms with Gasteiger partial charge in [0, 0.05) is 22.8 Å². The minimum Gasteiger partial charge on any atom is -0.271 e. The quantitative estimate of drug-likeness (QED) is 0.595. The summed E-state index contributed by atoms with van der Waals surface area (Å²) in [6.45, 7) is 0. The highest BCUT2D eigenvalue weighted by atomic mass is 32.1. The van der Waals surface area contributed by atoms with Crippen LogP contribution in [0, 0.1) is 0 Å². The van der Waals surface area contributed by atoms with Crippen LogP contribution in [-0.2, 0) is 12.8 Å². The molecule has 3 N–H and O–H groups in total. The van der Waals surface area contributed by atoms with Gasteiger partial charge in [-0.25, -0.2) is 0 Å². The highest BCUT2D eigenvalue weighted by Crippen LogP contribution is 2.13. The average molecular weight is 261 g/mol. The van der Waals surface area contributed by atoms with Crippen molar-refractivity contribution >= 4 is 11.3 Å². The molecule has 0 fully saturated rings. The molecule has 2 aromatic heterocycles. The Morgan fingerprint density at radius 3 is 2.72 bits per heavy atom. The van der Waals surface area contributed by atoms with Gasteiger partial charge >= 0.3 is 0 Å². The van der Waals surface area contributed by atoms with E-state index in [9.17, 15) is 0 Å². The van der Waals surface area contributed by atoms with E-state index < -0.39 is 0 Å². The van der Waals surface area contributed by atoms with Crippen LogP contribution in [0.1, 0.15) is 23.4 Å². The first-order chi connectivity index (χ1) is 8.88. The topological polar surface area (TPSA) is 50.9 Å². The molecule has 0 aromatic carbocycles. The summed E-state index contributed by atoms with van der Waals surface area (Å²) in [5, 5.41) is 2.12. The van der Waals surface area contributed by atoms with Gasteiger partial charge in [0.15, 0.2) is 0 Å². The summed E-state index contributed by atoms with van der Waals surface area (Å²) in [5.74, 6) is 5.61. The lowest BCUT2D eigenvalue weighted by Crippen LogP contribution is -2.35. The zero-order valence-corrected chi connectivity index (χ0v) is 11.2. The zero-order valence-electron chi connectivity index (χ0n) is 10.4. The maximum Gasteiger partial charge on any atom is 0.0404 e. The van der Waals surface area contributed by atoms with Gasteiger partial charge in [-0.1, -0.05) is 12.1 Å². The predicted molar refractivity (Wildman–Crippen MR) is 76.3 cm³/mol. The largest absolute Gasteiger partial charge is 0.271 e. The number of hydrogen-bond donors (Lipinski definition) is 2. The zero-order chi connectivity index (χ0) is 12.6. The van der Waals surface area contributed by atoms with Gasteiger partial charge in [-0.2, -0.15) is 0 Å². The van der Waals surface area contributed by atoms with Crippen molar-refractivity contribution in [3.05, 3.63) is 52.5 Å². The number of aromatic nitrogens is 1. The Bertz CT molecular complexity index is 428. The first-order valence-electron chi connectivity index (χ1n) is 6.27. The second kappa shape index (κ2) is 7.26. The number of thiophene rings is 1. The highest BCUT2D eigenvalue weighted by Gasteiger charge is 2.08. The molecular weight excluding hydrogens is 242 g/mol. The molecule has 0 spiro atoms. The number of nitrogens with zero attached hydrogens (tertiary/aromatic N) is 1. The van der Waals surface area contributed by atoms with Gasteiger partial charge in [0.2, 0.25) is 0 Å². The van der Waals surface area contributed by atoms with Gasteiger partial charge in [0.1, 0.15) is 0 Å². The van der Waals surface area contributed by atoms with Crippen molar-refractivity contribution < 1.29 is 0 Å². The van der Waals surface area contributed by atoms with E-state index in [1.54, 1.807) is 0 Å². The molecule has 1 unspecified atom stereocenters. The Morgan fingerprint density at radius 2 is 2.06 bits per heavy atom. The van der Waals surface area contributed by atoms with Crippen LogP contribution in [0.5, 0.6) is 0 Å². The van der Waals surface area contributed by atoms with Crippen molar-refractivity contribution in [1.29, 1.82) is 0 Å². The van der Waals surface area contributed by atoms with Gasteiger partial charge in [-0.05, 0) is 49.3 Å². The van der Waals surface area contributed by atoms with E-state index in [0.29, 0.717) is 6.04 Å². The van der Waals surface area contributed by atoms with Crippen LogP contribution in [0.15, 0.2) is 41.9 Å². The number of aryl methyl sites for hydroxylation is 2. The maximum absolute atomic E-state index is 5.61. The van der Waals surface area contributed by atoms with Crippen LogP contribution in [0.4, 0.5) is 0 Å². The van der Waals surface area contributed by atoms with E-state index >= 15 is 0 Å². The molecule has 0 bridgehead atoms. The Morgan fingerprint density at radius 1 is 1.17 bits per heavy atom. The number of hydrogen-bond acceptors (Lipinski definition) is 4. The third-order valence-corrected chi connectivity index (χ3v) is 3.97. The molecule has 96 valence electrons. The van der Waals surface area contributed by atoms with Gasteiger partial charge in [-0.15, -0.1) is 11.3 Å². The van der Waals surface area contributed by atoms with Crippen LogP contribution in [0.2, 0.25) is 0 Å². The normalized spacial score (nSPS) is 12.5. The molecule has 0 aliphatic carbocycles. The molecule has 4 heteroatoms. The minimum absolute atomic E-state index is 0.356. The van der Waals surface area contributed by atoms with Crippen LogP contribution >= 0.6 is 11.3 Å². The molecule has 2 rings (SSSR count). The van der Waals surface area contributed by atoms with Gasteiger partial charge in [0.05, 0.1) is 0 Å². The molecule has 2 aromatic rings. The lowest BCUT2D eigenvalue weighted by atomic mass is 10.0. The molecular formula is C14H19N3S. The summed E-state index contributed by atoms with van der Waals surface area (Å²) in [6, 6.07) is 10.7. The molecule has 3 nitrogen and oxygen atoms in total. The summed E-state index contributed by atoms with van der Waals surface area (Å²) < 4.78 is 0. The van der Waals surface area contributed by atoms with Gasteiger partial charge < -0.3 is 0 Å². The van der Waals surface area contributed by atoms with E-state index in [4.69, 9.17) is 5.84 Å². The van der Waals surface area contributed by atoms with Crippen LogP contribution in [0.25, 0.3) is 0 Å². The SMILES string of the molecule is NNC(CCc1ccccn1)CCc1cccs1. The first-order valence-corrected chi connectivity index (χ1v) is 7.15. The standard InChI is InChI=1S/C14H19N3S/c15-17-13(8-9-14-5-3-11-18-14)7-6-12-4-1-2-10-16-12/h1-5,10-11,13,17H,6-9,15H2. The summed E-state index contributed by atoms with van der Waals surface area (Å²) in [4.78, 5) is 5.75. The van der Waals surface area contributed by atoms with E-state index in [1.165, 1.54) is 4.88 Å². The number of pyridine rings is 1. The lowest BCUT2D eigenvalue weighted by Gasteiger charge is -2.14. The minimum atomic E-state index is 0.356. The molecule has 2 heterocycles. The summed E-state index contributed by atoms with van der Waals surface area (Å²) >= 11 is 1.81. The Hall–Kier alpha value is -1.23. The van der Waals surface area contributed by atoms with Crippen LogP contribution < -0.4 is 11.3 Å². The third kappa shape index (κ3) is 4.22. The van der Waals surface area contributed by atoms with Crippen molar-refractivity contribution in [3.63, 3.8) is 0 Å². The monoisotopic (exact) mass is 261 g/mol. The van der Waals surface area contributed by atoms with E-state index in [-0.39, 0.29) is 0 Å². The fourth-order valence-electron chi connectivity index (χ4n) is 1.95. The van der Waals surface area contributed by atoms with Crippen LogP contribution in [0.3, 0.4) is 0 Å². The van der Waals surface area contributed by atoms with Gasteiger partial charge in [-0.3, -0.25) is 16.3 Å². The summed E-state index contributed by atoms with van der Waals surface area (Å²) in [7, 11) is 0. The lowest BCUT2D eigenvalue weighted by molar-refractivity contribution is 0.463. The second-order valence-electron chi connectivity index (χ2n) is 4.34. The van der Waals surface area contributed by atoms with Crippen molar-refractivity contribution in [3.8, 4) is 0 Å². The number of nitrogens with two attached hydrogens (primary N) is 1. The Labute approximate surface area is 112 Å². The molecule has 0 radical (unpaired) electrons. The molecule has 1 atom stereocenters. The van der Waals surface area contributed by atoms with Crippen molar-refractivity contribution in [2.45, 2.75) is 31.7 Å². The first kappa shape index (κ1) is 13.2. The summed E-state index contributed by atoms with van der Waals surface area (Å²) in [6.07, 6.45) is 6.00. The fourth-order valence-corrected chi connectivity index (χ4v) is 2.68. The molecule has 0 amide bonds. The molecule has 0 aliphatic rings. The number of hydrazine groups is 1. The second-order valence-corrected chi connectivity index (χ2v) is 5.37. The summed E-state index contributed by atoms with van der Waals surface area (Å²) in [5.41, 5.74) is 4.04. The number of rotatable bonds is 7. The number of nitrogens with one attached hydrogen (secondary N) is 1. The average Bonchev–Trinajstić information content (AvgIpc) is 2.93. The Balaban J connectivity index is 1.75. The fraction of sp³-hybridized carbons (Fsp3) is 0.357. The highest BCUT2D eigenvalue weighted by molar-refractivity contribution is 7.09. The van der Waals surface area contributed by atoms with E-state index in [2.05, 4.69) is 34.0 Å². The van der Waals surface area contributed by atoms with Crippen molar-refractivity contribution in [2.24, 2.45) is 5.84 Å². The van der Waals surface area contributed by atoms with E-state index in [1.807, 2.05) is 29.7 Å².